The lowest BCUT2D eigenvalue weighted by Crippen LogP contribution is -1.84. The van der Waals surface area contributed by atoms with Gasteiger partial charge in [-0.15, -0.1) is 0 Å². The van der Waals surface area contributed by atoms with Gasteiger partial charge in [-0.25, -0.2) is 4.98 Å². The van der Waals surface area contributed by atoms with Crippen molar-refractivity contribution in [3.63, 3.8) is 0 Å². The van der Waals surface area contributed by atoms with Crippen molar-refractivity contribution < 1.29 is 0 Å². The van der Waals surface area contributed by atoms with Crippen LogP contribution in [0.4, 0.5) is 0 Å². The topological polar surface area (TPSA) is 12.9 Å². The molecule has 0 N–H and O–H groups in total. The van der Waals surface area contributed by atoms with Gasteiger partial charge in [-0.3, -0.25) is 0 Å². The van der Waals surface area contributed by atoms with Gasteiger partial charge < -0.3 is 0 Å². The van der Waals surface area contributed by atoms with Crippen LogP contribution in [0.3, 0.4) is 0 Å². The molecular formula is C11H5Cl4NS. The zero-order valence-corrected chi connectivity index (χ0v) is 12.1. The SMILES string of the molecule is Clc1ccc(Sc2nc(Cl)c(Cl)cc2Cl)cc1. The summed E-state index contributed by atoms with van der Waals surface area (Å²) in [6.07, 6.45) is 0. The fourth-order valence-corrected chi connectivity index (χ4v) is 2.69. The molecule has 17 heavy (non-hydrogen) atoms. The van der Waals surface area contributed by atoms with E-state index < -0.39 is 0 Å². The third kappa shape index (κ3) is 3.43. The molecule has 1 aromatic carbocycles. The van der Waals surface area contributed by atoms with E-state index >= 15 is 0 Å². The quantitative estimate of drug-likeness (QED) is 0.643. The summed E-state index contributed by atoms with van der Waals surface area (Å²) in [5, 5.41) is 2.36. The van der Waals surface area contributed by atoms with Crippen LogP contribution in [0.5, 0.6) is 0 Å². The first-order valence-electron chi connectivity index (χ1n) is 4.51. The first-order valence-corrected chi connectivity index (χ1v) is 6.84. The number of rotatable bonds is 2. The molecule has 0 fully saturated rings. The van der Waals surface area contributed by atoms with Crippen molar-refractivity contribution in [1.82, 2.24) is 4.98 Å². The van der Waals surface area contributed by atoms with Crippen molar-refractivity contribution in [2.24, 2.45) is 0 Å². The Morgan fingerprint density at radius 1 is 0.882 bits per heavy atom. The van der Waals surface area contributed by atoms with Crippen LogP contribution in [0, 0.1) is 0 Å². The third-order valence-electron chi connectivity index (χ3n) is 1.88. The Labute approximate surface area is 123 Å². The smallest absolute Gasteiger partial charge is 0.149 e. The van der Waals surface area contributed by atoms with Crippen molar-refractivity contribution in [2.45, 2.75) is 9.92 Å². The van der Waals surface area contributed by atoms with Crippen LogP contribution in [0.15, 0.2) is 40.3 Å². The summed E-state index contributed by atoms with van der Waals surface area (Å²) >= 11 is 24.9. The van der Waals surface area contributed by atoms with E-state index in [1.165, 1.54) is 11.8 Å². The monoisotopic (exact) mass is 323 g/mol. The van der Waals surface area contributed by atoms with E-state index in [2.05, 4.69) is 4.98 Å². The van der Waals surface area contributed by atoms with Gasteiger partial charge >= 0.3 is 0 Å². The Bertz CT molecular complexity index is 542. The second-order valence-corrected chi connectivity index (χ2v) is 5.78. The number of benzene rings is 1. The number of aromatic nitrogens is 1. The largest absolute Gasteiger partial charge is 0.226 e. The van der Waals surface area contributed by atoms with E-state index in [0.29, 0.717) is 20.1 Å². The van der Waals surface area contributed by atoms with Gasteiger partial charge in [-0.2, -0.15) is 0 Å². The molecule has 0 aliphatic heterocycles. The predicted molar refractivity (Wildman–Crippen MR) is 74.8 cm³/mol. The predicted octanol–water partition coefficient (Wildman–Crippen LogP) is 5.85. The number of halogens is 4. The number of hydrogen-bond donors (Lipinski definition) is 0. The molecule has 0 bridgehead atoms. The van der Waals surface area contributed by atoms with Crippen molar-refractivity contribution in [3.8, 4) is 0 Å². The molecule has 0 aliphatic rings. The third-order valence-corrected chi connectivity index (χ3v) is 4.22. The number of pyridine rings is 1. The molecule has 2 aromatic rings. The Hall–Kier alpha value is -0.120. The minimum Gasteiger partial charge on any atom is -0.226 e. The van der Waals surface area contributed by atoms with Crippen molar-refractivity contribution in [3.05, 3.63) is 50.6 Å². The van der Waals surface area contributed by atoms with E-state index in [1.54, 1.807) is 18.2 Å². The molecule has 0 saturated heterocycles. The fraction of sp³-hybridized carbons (Fsp3) is 0. The highest BCUT2D eigenvalue weighted by molar-refractivity contribution is 7.99. The lowest BCUT2D eigenvalue weighted by Gasteiger charge is -2.05. The Kier molecular flexibility index (Phi) is 4.45. The molecule has 0 saturated carbocycles. The van der Waals surface area contributed by atoms with Crippen LogP contribution in [0.1, 0.15) is 0 Å². The molecule has 88 valence electrons. The van der Waals surface area contributed by atoms with Gasteiger partial charge in [-0.1, -0.05) is 58.2 Å². The molecule has 0 amide bonds. The Morgan fingerprint density at radius 2 is 1.53 bits per heavy atom. The maximum absolute atomic E-state index is 6.03. The van der Waals surface area contributed by atoms with Gasteiger partial charge in [-0.05, 0) is 30.3 Å². The fourth-order valence-electron chi connectivity index (χ4n) is 1.11. The summed E-state index contributed by atoms with van der Waals surface area (Å²) in [4.78, 5) is 5.10. The highest BCUT2D eigenvalue weighted by atomic mass is 35.5. The number of hydrogen-bond acceptors (Lipinski definition) is 2. The molecule has 0 aliphatic carbocycles. The Morgan fingerprint density at radius 3 is 2.18 bits per heavy atom. The minimum absolute atomic E-state index is 0.243. The van der Waals surface area contributed by atoms with E-state index in [0.717, 1.165) is 4.90 Å². The normalized spacial score (nSPS) is 10.6. The van der Waals surface area contributed by atoms with E-state index in [9.17, 15) is 0 Å². The molecule has 6 heteroatoms. The molecule has 2 rings (SSSR count). The molecule has 0 radical (unpaired) electrons. The number of nitrogens with zero attached hydrogens (tertiary/aromatic N) is 1. The summed E-state index contributed by atoms with van der Waals surface area (Å²) in [5.74, 6) is 0. The zero-order valence-electron chi connectivity index (χ0n) is 8.25. The maximum atomic E-state index is 6.03. The summed E-state index contributed by atoms with van der Waals surface area (Å²) < 4.78 is 0. The summed E-state index contributed by atoms with van der Waals surface area (Å²) in [7, 11) is 0. The van der Waals surface area contributed by atoms with E-state index in [-0.39, 0.29) is 5.15 Å². The van der Waals surface area contributed by atoms with E-state index in [1.807, 2.05) is 12.1 Å². The van der Waals surface area contributed by atoms with Gasteiger partial charge in [0.2, 0.25) is 0 Å². The molecule has 1 nitrogen and oxygen atoms in total. The molecule has 1 heterocycles. The first-order chi connectivity index (χ1) is 8.06. The lowest BCUT2D eigenvalue weighted by molar-refractivity contribution is 1.13. The van der Waals surface area contributed by atoms with Crippen molar-refractivity contribution in [1.29, 1.82) is 0 Å². The van der Waals surface area contributed by atoms with Gasteiger partial charge in [0.25, 0.3) is 0 Å². The lowest BCUT2D eigenvalue weighted by atomic mass is 10.4. The first kappa shape index (κ1) is 13.3. The van der Waals surface area contributed by atoms with Gasteiger partial charge in [0.1, 0.15) is 10.2 Å². The van der Waals surface area contributed by atoms with Crippen LogP contribution < -0.4 is 0 Å². The molecule has 0 spiro atoms. The summed E-state index contributed by atoms with van der Waals surface area (Å²) in [6.45, 7) is 0. The minimum atomic E-state index is 0.243. The van der Waals surface area contributed by atoms with Crippen LogP contribution in [0.25, 0.3) is 0 Å². The van der Waals surface area contributed by atoms with Crippen LogP contribution in [-0.2, 0) is 0 Å². The maximum Gasteiger partial charge on any atom is 0.149 e. The molecular weight excluding hydrogens is 320 g/mol. The van der Waals surface area contributed by atoms with Crippen LogP contribution in [-0.4, -0.2) is 4.98 Å². The second kappa shape index (κ2) is 5.68. The second-order valence-electron chi connectivity index (χ2n) is 3.10. The Balaban J connectivity index is 2.30. The van der Waals surface area contributed by atoms with E-state index in [4.69, 9.17) is 46.4 Å². The van der Waals surface area contributed by atoms with Crippen LogP contribution >= 0.6 is 58.2 Å². The van der Waals surface area contributed by atoms with Gasteiger partial charge in [0.15, 0.2) is 0 Å². The molecule has 0 unspecified atom stereocenters. The van der Waals surface area contributed by atoms with Crippen molar-refractivity contribution >= 4 is 58.2 Å². The van der Waals surface area contributed by atoms with Gasteiger partial charge in [0, 0.05) is 9.92 Å². The average molecular weight is 325 g/mol. The van der Waals surface area contributed by atoms with Crippen molar-refractivity contribution in [2.75, 3.05) is 0 Å². The summed E-state index contributed by atoms with van der Waals surface area (Å²) in [5.41, 5.74) is 0. The average Bonchev–Trinajstić information content (AvgIpc) is 2.29. The highest BCUT2D eigenvalue weighted by Crippen LogP contribution is 2.35. The van der Waals surface area contributed by atoms with Crippen LogP contribution in [0.2, 0.25) is 20.2 Å². The zero-order chi connectivity index (χ0) is 12.4. The standard InChI is InChI=1S/C11H5Cl4NS/c12-6-1-3-7(4-2-6)17-11-9(14)5-8(13)10(15)16-11/h1-5H. The molecule has 0 atom stereocenters. The summed E-state index contributed by atoms with van der Waals surface area (Å²) in [6, 6.07) is 8.95. The molecule has 1 aromatic heterocycles. The van der Waals surface area contributed by atoms with Gasteiger partial charge in [0.05, 0.1) is 10.0 Å². The highest BCUT2D eigenvalue weighted by Gasteiger charge is 2.09.